The SMILES string of the molecule is O=C(CCc1cc(-c2ccc(C(F)(F)F)cc2)n(-c2ccc(Cl)nn2)n1)Oc1ccc(C2CCCC2)cc1. The van der Waals surface area contributed by atoms with E-state index in [0.717, 1.165) is 12.1 Å². The van der Waals surface area contributed by atoms with Crippen molar-refractivity contribution in [3.63, 3.8) is 0 Å². The highest BCUT2D eigenvalue weighted by Crippen LogP contribution is 2.35. The van der Waals surface area contributed by atoms with E-state index in [1.54, 1.807) is 12.1 Å². The fourth-order valence-electron chi connectivity index (χ4n) is 4.66. The van der Waals surface area contributed by atoms with Crippen LogP contribution < -0.4 is 4.74 Å². The normalized spacial score (nSPS) is 14.1. The van der Waals surface area contributed by atoms with Gasteiger partial charge in [0.1, 0.15) is 5.75 Å². The van der Waals surface area contributed by atoms with Gasteiger partial charge >= 0.3 is 12.1 Å². The van der Waals surface area contributed by atoms with E-state index in [0.29, 0.717) is 34.4 Å². The zero-order valence-corrected chi connectivity index (χ0v) is 21.0. The summed E-state index contributed by atoms with van der Waals surface area (Å²) in [5.74, 6) is 0.999. The summed E-state index contributed by atoms with van der Waals surface area (Å²) in [5.41, 5.74) is 2.07. The molecule has 0 N–H and O–H groups in total. The van der Waals surface area contributed by atoms with Crippen molar-refractivity contribution >= 4 is 17.6 Å². The van der Waals surface area contributed by atoms with E-state index < -0.39 is 17.7 Å². The van der Waals surface area contributed by atoms with Gasteiger partial charge in [-0.15, -0.1) is 10.2 Å². The summed E-state index contributed by atoms with van der Waals surface area (Å²) in [4.78, 5) is 12.5. The number of aryl methyl sites for hydroxylation is 1. The van der Waals surface area contributed by atoms with E-state index in [1.807, 2.05) is 24.3 Å². The van der Waals surface area contributed by atoms with Gasteiger partial charge in [-0.05, 0) is 66.8 Å². The Morgan fingerprint density at radius 3 is 2.32 bits per heavy atom. The number of alkyl halides is 3. The Morgan fingerprint density at radius 1 is 0.974 bits per heavy atom. The number of hydrogen-bond acceptors (Lipinski definition) is 5. The van der Waals surface area contributed by atoms with Gasteiger partial charge in [0.25, 0.3) is 0 Å². The van der Waals surface area contributed by atoms with E-state index in [1.165, 1.54) is 54.1 Å². The first-order chi connectivity index (χ1) is 18.3. The Hall–Kier alpha value is -3.72. The molecule has 1 fully saturated rings. The number of esters is 1. The number of hydrogen-bond donors (Lipinski definition) is 0. The molecule has 0 saturated heterocycles. The summed E-state index contributed by atoms with van der Waals surface area (Å²) < 4.78 is 46.1. The number of halogens is 4. The molecule has 5 rings (SSSR count). The Morgan fingerprint density at radius 2 is 1.68 bits per heavy atom. The molecule has 38 heavy (non-hydrogen) atoms. The number of rotatable bonds is 7. The smallest absolute Gasteiger partial charge is 0.416 e. The summed E-state index contributed by atoms with van der Waals surface area (Å²) in [7, 11) is 0. The minimum absolute atomic E-state index is 0.0696. The first kappa shape index (κ1) is 25.9. The van der Waals surface area contributed by atoms with E-state index >= 15 is 0 Å². The third-order valence-corrected chi connectivity index (χ3v) is 6.83. The Labute approximate surface area is 222 Å². The molecule has 196 valence electrons. The predicted molar refractivity (Wildman–Crippen MR) is 136 cm³/mol. The fraction of sp³-hybridized carbons (Fsp3) is 0.286. The quantitative estimate of drug-likeness (QED) is 0.183. The number of carbonyl (C=O) groups is 1. The summed E-state index contributed by atoms with van der Waals surface area (Å²) in [6, 6.07) is 17.3. The molecule has 0 bridgehead atoms. The van der Waals surface area contributed by atoms with Crippen molar-refractivity contribution in [1.29, 1.82) is 0 Å². The van der Waals surface area contributed by atoms with Crippen LogP contribution in [0.2, 0.25) is 5.15 Å². The Kier molecular flexibility index (Phi) is 7.46. The van der Waals surface area contributed by atoms with Crippen molar-refractivity contribution < 1.29 is 22.7 Å². The highest BCUT2D eigenvalue weighted by atomic mass is 35.5. The Balaban J connectivity index is 1.31. The minimum Gasteiger partial charge on any atom is -0.427 e. The molecule has 6 nitrogen and oxygen atoms in total. The van der Waals surface area contributed by atoms with Crippen molar-refractivity contribution in [3.05, 3.63) is 88.7 Å². The third kappa shape index (κ3) is 6.05. The highest BCUT2D eigenvalue weighted by molar-refractivity contribution is 6.29. The number of carbonyl (C=O) groups excluding carboxylic acids is 1. The first-order valence-corrected chi connectivity index (χ1v) is 12.7. The van der Waals surface area contributed by atoms with Gasteiger partial charge in [0.15, 0.2) is 11.0 Å². The maximum atomic E-state index is 13.0. The maximum absolute atomic E-state index is 13.0. The molecule has 10 heteroatoms. The predicted octanol–water partition coefficient (Wildman–Crippen LogP) is 7.20. The molecule has 0 unspecified atom stereocenters. The van der Waals surface area contributed by atoms with Crippen LogP contribution in [0, 0.1) is 0 Å². The zero-order valence-electron chi connectivity index (χ0n) is 20.3. The van der Waals surface area contributed by atoms with Crippen molar-refractivity contribution in [2.75, 3.05) is 0 Å². The van der Waals surface area contributed by atoms with Gasteiger partial charge in [-0.2, -0.15) is 18.3 Å². The van der Waals surface area contributed by atoms with E-state index in [9.17, 15) is 18.0 Å². The number of aromatic nitrogens is 4. The van der Waals surface area contributed by atoms with Crippen LogP contribution >= 0.6 is 11.6 Å². The van der Waals surface area contributed by atoms with Crippen LogP contribution in [0.4, 0.5) is 13.2 Å². The zero-order chi connectivity index (χ0) is 26.7. The average molecular weight is 541 g/mol. The van der Waals surface area contributed by atoms with Crippen molar-refractivity contribution in [3.8, 4) is 22.8 Å². The molecule has 1 aliphatic rings. The summed E-state index contributed by atoms with van der Waals surface area (Å²) in [6.07, 6.45) is 0.790. The van der Waals surface area contributed by atoms with Crippen molar-refractivity contribution in [2.45, 2.75) is 50.6 Å². The maximum Gasteiger partial charge on any atom is 0.416 e. The van der Waals surface area contributed by atoms with Gasteiger partial charge in [-0.3, -0.25) is 4.79 Å². The number of benzene rings is 2. The van der Waals surface area contributed by atoms with E-state index in [2.05, 4.69) is 15.3 Å². The number of ether oxygens (including phenoxy) is 1. The lowest BCUT2D eigenvalue weighted by molar-refractivity contribution is -0.137. The fourth-order valence-corrected chi connectivity index (χ4v) is 4.77. The monoisotopic (exact) mass is 540 g/mol. The second-order valence-electron chi connectivity index (χ2n) is 9.25. The van der Waals surface area contributed by atoms with Gasteiger partial charge < -0.3 is 4.74 Å². The lowest BCUT2D eigenvalue weighted by Gasteiger charge is -2.10. The largest absolute Gasteiger partial charge is 0.427 e. The molecule has 0 spiro atoms. The molecular formula is C28H24ClF3N4O2. The summed E-state index contributed by atoms with van der Waals surface area (Å²) in [6.45, 7) is 0. The summed E-state index contributed by atoms with van der Waals surface area (Å²) >= 11 is 5.85. The molecule has 0 aliphatic heterocycles. The molecule has 1 aliphatic carbocycles. The third-order valence-electron chi connectivity index (χ3n) is 6.63. The average Bonchev–Trinajstić information content (AvgIpc) is 3.59. The molecular weight excluding hydrogens is 517 g/mol. The lowest BCUT2D eigenvalue weighted by atomic mass is 9.98. The molecule has 2 heterocycles. The molecule has 1 saturated carbocycles. The molecule has 0 atom stereocenters. The first-order valence-electron chi connectivity index (χ1n) is 12.3. The van der Waals surface area contributed by atoms with Crippen LogP contribution in [0.25, 0.3) is 17.1 Å². The molecule has 2 aromatic carbocycles. The van der Waals surface area contributed by atoms with Crippen LogP contribution in [-0.2, 0) is 17.4 Å². The second-order valence-corrected chi connectivity index (χ2v) is 9.63. The van der Waals surface area contributed by atoms with Gasteiger partial charge in [-0.1, -0.05) is 48.7 Å². The molecule has 2 aromatic heterocycles. The van der Waals surface area contributed by atoms with Gasteiger partial charge in [-0.25, -0.2) is 4.68 Å². The van der Waals surface area contributed by atoms with Crippen molar-refractivity contribution in [1.82, 2.24) is 20.0 Å². The highest BCUT2D eigenvalue weighted by Gasteiger charge is 2.30. The van der Waals surface area contributed by atoms with Crippen LogP contribution in [-0.4, -0.2) is 25.9 Å². The van der Waals surface area contributed by atoms with E-state index in [4.69, 9.17) is 16.3 Å². The van der Waals surface area contributed by atoms with Gasteiger partial charge in [0.05, 0.1) is 23.4 Å². The molecule has 4 aromatic rings. The molecule has 0 amide bonds. The molecule has 0 radical (unpaired) electrons. The van der Waals surface area contributed by atoms with Crippen LogP contribution in [0.1, 0.15) is 54.8 Å². The summed E-state index contributed by atoms with van der Waals surface area (Å²) in [5, 5.41) is 12.6. The van der Waals surface area contributed by atoms with Crippen LogP contribution in [0.3, 0.4) is 0 Å². The van der Waals surface area contributed by atoms with Crippen LogP contribution in [0.5, 0.6) is 5.75 Å². The second kappa shape index (κ2) is 10.9. The minimum atomic E-state index is -4.44. The number of nitrogens with zero attached hydrogens (tertiary/aromatic N) is 4. The van der Waals surface area contributed by atoms with Gasteiger partial charge in [0, 0.05) is 12.0 Å². The standard InChI is InChI=1S/C28H24ClF3N4O2/c29-25-14-15-26(34-33-25)36-24(20-5-9-21(10-6-20)28(30,31)32)17-22(35-36)11-16-27(37)38-23-12-7-19(8-13-23)18-3-1-2-4-18/h5-10,12-15,17-18H,1-4,11,16H2. The van der Waals surface area contributed by atoms with Crippen molar-refractivity contribution in [2.24, 2.45) is 0 Å². The lowest BCUT2D eigenvalue weighted by Crippen LogP contribution is -2.09. The topological polar surface area (TPSA) is 69.9 Å². The van der Waals surface area contributed by atoms with Crippen LogP contribution in [0.15, 0.2) is 66.7 Å². The van der Waals surface area contributed by atoms with E-state index in [-0.39, 0.29) is 18.0 Å². The Bertz CT molecular complexity index is 1400. The van der Waals surface area contributed by atoms with Gasteiger partial charge in [0.2, 0.25) is 0 Å².